The normalized spacial score (nSPS) is 12.2. The first-order chi connectivity index (χ1) is 9.08. The van der Waals surface area contributed by atoms with Gasteiger partial charge < -0.3 is 9.84 Å². The molecule has 2 rings (SSSR count). The monoisotopic (exact) mass is 280 g/mol. The van der Waals surface area contributed by atoms with Gasteiger partial charge in [-0.2, -0.15) is 0 Å². The summed E-state index contributed by atoms with van der Waals surface area (Å²) in [6.45, 7) is 1.84. The van der Waals surface area contributed by atoms with Crippen molar-refractivity contribution in [2.24, 2.45) is 0 Å². The van der Waals surface area contributed by atoms with Gasteiger partial charge in [0.2, 0.25) is 0 Å². The SMILES string of the molecule is C[C@@H](O)c1cc(F)ccc1OCc1ccccc1Cl. The van der Waals surface area contributed by atoms with Crippen molar-refractivity contribution in [2.75, 3.05) is 0 Å². The second kappa shape index (κ2) is 6.04. The van der Waals surface area contributed by atoms with Crippen molar-refractivity contribution < 1.29 is 14.2 Å². The molecule has 0 aliphatic carbocycles. The van der Waals surface area contributed by atoms with Crippen LogP contribution < -0.4 is 4.74 Å². The van der Waals surface area contributed by atoms with Crippen LogP contribution in [0, 0.1) is 5.82 Å². The summed E-state index contributed by atoms with van der Waals surface area (Å²) in [5, 5.41) is 10.2. The highest BCUT2D eigenvalue weighted by Gasteiger charge is 2.11. The summed E-state index contributed by atoms with van der Waals surface area (Å²) in [6, 6.07) is 11.4. The van der Waals surface area contributed by atoms with Crippen LogP contribution in [0.4, 0.5) is 4.39 Å². The minimum Gasteiger partial charge on any atom is -0.488 e. The van der Waals surface area contributed by atoms with E-state index in [0.29, 0.717) is 16.3 Å². The van der Waals surface area contributed by atoms with Crippen LogP contribution in [0.15, 0.2) is 42.5 Å². The van der Waals surface area contributed by atoms with Crippen molar-refractivity contribution in [2.45, 2.75) is 19.6 Å². The molecular weight excluding hydrogens is 267 g/mol. The average Bonchev–Trinajstić information content (AvgIpc) is 2.38. The van der Waals surface area contributed by atoms with Gasteiger partial charge in [-0.05, 0) is 31.2 Å². The Bertz CT molecular complexity index is 570. The van der Waals surface area contributed by atoms with Crippen LogP contribution in [-0.2, 0) is 6.61 Å². The second-order valence-electron chi connectivity index (χ2n) is 4.24. The minimum atomic E-state index is -0.794. The van der Waals surface area contributed by atoms with Crippen molar-refractivity contribution in [1.29, 1.82) is 0 Å². The largest absolute Gasteiger partial charge is 0.488 e. The summed E-state index contributed by atoms with van der Waals surface area (Å²) in [5.41, 5.74) is 1.26. The smallest absolute Gasteiger partial charge is 0.125 e. The van der Waals surface area contributed by atoms with E-state index < -0.39 is 11.9 Å². The van der Waals surface area contributed by atoms with Gasteiger partial charge in [0.15, 0.2) is 0 Å². The van der Waals surface area contributed by atoms with Crippen LogP contribution in [0.1, 0.15) is 24.2 Å². The molecule has 100 valence electrons. The molecule has 1 atom stereocenters. The summed E-state index contributed by atoms with van der Waals surface area (Å²) in [7, 11) is 0. The third-order valence-electron chi connectivity index (χ3n) is 2.76. The van der Waals surface area contributed by atoms with Gasteiger partial charge >= 0.3 is 0 Å². The molecular formula is C15H14ClFO2. The summed E-state index contributed by atoms with van der Waals surface area (Å²) >= 11 is 6.03. The number of benzene rings is 2. The van der Waals surface area contributed by atoms with E-state index in [-0.39, 0.29) is 6.61 Å². The van der Waals surface area contributed by atoms with Crippen LogP contribution in [0.2, 0.25) is 5.02 Å². The fourth-order valence-electron chi connectivity index (χ4n) is 1.75. The van der Waals surface area contributed by atoms with Crippen LogP contribution in [-0.4, -0.2) is 5.11 Å². The zero-order valence-corrected chi connectivity index (χ0v) is 11.2. The summed E-state index contributed by atoms with van der Waals surface area (Å²) in [6.07, 6.45) is -0.794. The zero-order valence-electron chi connectivity index (χ0n) is 10.4. The molecule has 0 aliphatic rings. The molecule has 0 aliphatic heterocycles. The fourth-order valence-corrected chi connectivity index (χ4v) is 1.94. The number of rotatable bonds is 4. The van der Waals surface area contributed by atoms with E-state index in [9.17, 15) is 9.50 Å². The van der Waals surface area contributed by atoms with E-state index >= 15 is 0 Å². The van der Waals surface area contributed by atoms with Gasteiger partial charge in [-0.3, -0.25) is 0 Å². The Morgan fingerprint density at radius 3 is 2.68 bits per heavy atom. The zero-order chi connectivity index (χ0) is 13.8. The molecule has 2 aromatic rings. The van der Waals surface area contributed by atoms with E-state index in [1.54, 1.807) is 13.0 Å². The molecule has 2 nitrogen and oxygen atoms in total. The maximum Gasteiger partial charge on any atom is 0.125 e. The Labute approximate surface area is 116 Å². The predicted octanol–water partition coefficient (Wildman–Crippen LogP) is 4.11. The van der Waals surface area contributed by atoms with Crippen molar-refractivity contribution in [1.82, 2.24) is 0 Å². The van der Waals surface area contributed by atoms with Gasteiger partial charge in [-0.25, -0.2) is 4.39 Å². The highest BCUT2D eigenvalue weighted by molar-refractivity contribution is 6.31. The number of halogens is 2. The van der Waals surface area contributed by atoms with E-state index in [1.807, 2.05) is 18.2 Å². The van der Waals surface area contributed by atoms with Crippen LogP contribution in [0.3, 0.4) is 0 Å². The Morgan fingerprint density at radius 1 is 1.26 bits per heavy atom. The van der Waals surface area contributed by atoms with E-state index in [1.165, 1.54) is 18.2 Å². The lowest BCUT2D eigenvalue weighted by Gasteiger charge is -2.14. The van der Waals surface area contributed by atoms with Crippen molar-refractivity contribution in [3.63, 3.8) is 0 Å². The van der Waals surface area contributed by atoms with Crippen molar-refractivity contribution >= 4 is 11.6 Å². The number of ether oxygens (including phenoxy) is 1. The maximum absolute atomic E-state index is 13.1. The van der Waals surface area contributed by atoms with E-state index in [2.05, 4.69) is 0 Å². The molecule has 0 spiro atoms. The maximum atomic E-state index is 13.1. The first-order valence-electron chi connectivity index (χ1n) is 5.91. The predicted molar refractivity (Wildman–Crippen MR) is 72.8 cm³/mol. The highest BCUT2D eigenvalue weighted by atomic mass is 35.5. The Morgan fingerprint density at radius 2 is 2.00 bits per heavy atom. The molecule has 0 unspecified atom stereocenters. The number of aliphatic hydroxyl groups excluding tert-OH is 1. The Hall–Kier alpha value is -1.58. The third kappa shape index (κ3) is 3.46. The molecule has 4 heteroatoms. The van der Waals surface area contributed by atoms with E-state index in [0.717, 1.165) is 5.56 Å². The molecule has 0 saturated carbocycles. The van der Waals surface area contributed by atoms with Gasteiger partial charge in [0, 0.05) is 16.1 Å². The summed E-state index contributed by atoms with van der Waals surface area (Å²) < 4.78 is 18.8. The van der Waals surface area contributed by atoms with Gasteiger partial charge in [0.05, 0.1) is 6.10 Å². The topological polar surface area (TPSA) is 29.5 Å². The molecule has 0 saturated heterocycles. The third-order valence-corrected chi connectivity index (χ3v) is 3.13. The van der Waals surface area contributed by atoms with Crippen LogP contribution in [0.25, 0.3) is 0 Å². The number of hydrogen-bond donors (Lipinski definition) is 1. The number of aliphatic hydroxyl groups is 1. The van der Waals surface area contributed by atoms with Crippen molar-refractivity contribution in [3.8, 4) is 5.75 Å². The molecule has 1 N–H and O–H groups in total. The first-order valence-corrected chi connectivity index (χ1v) is 6.29. The Kier molecular flexibility index (Phi) is 4.40. The second-order valence-corrected chi connectivity index (χ2v) is 4.65. The Balaban J connectivity index is 2.18. The molecule has 0 bridgehead atoms. The van der Waals surface area contributed by atoms with Crippen LogP contribution >= 0.6 is 11.6 Å². The van der Waals surface area contributed by atoms with Crippen molar-refractivity contribution in [3.05, 3.63) is 64.4 Å². The molecule has 2 aromatic carbocycles. The molecule has 0 heterocycles. The molecule has 0 amide bonds. The van der Waals surface area contributed by atoms with Gasteiger partial charge in [0.25, 0.3) is 0 Å². The summed E-state index contributed by atoms with van der Waals surface area (Å²) in [4.78, 5) is 0. The quantitative estimate of drug-likeness (QED) is 0.913. The number of hydrogen-bond acceptors (Lipinski definition) is 2. The molecule has 19 heavy (non-hydrogen) atoms. The van der Waals surface area contributed by atoms with E-state index in [4.69, 9.17) is 16.3 Å². The van der Waals surface area contributed by atoms with Gasteiger partial charge in [0.1, 0.15) is 18.2 Å². The average molecular weight is 281 g/mol. The lowest BCUT2D eigenvalue weighted by molar-refractivity contribution is 0.189. The lowest BCUT2D eigenvalue weighted by atomic mass is 10.1. The molecule has 0 aromatic heterocycles. The fraction of sp³-hybridized carbons (Fsp3) is 0.200. The van der Waals surface area contributed by atoms with Crippen LogP contribution in [0.5, 0.6) is 5.75 Å². The summed E-state index contributed by atoms with van der Waals surface area (Å²) in [5.74, 6) is 0.0531. The molecule has 0 fully saturated rings. The first kappa shape index (κ1) is 13.8. The van der Waals surface area contributed by atoms with Gasteiger partial charge in [-0.1, -0.05) is 29.8 Å². The minimum absolute atomic E-state index is 0.269. The lowest BCUT2D eigenvalue weighted by Crippen LogP contribution is -2.02. The highest BCUT2D eigenvalue weighted by Crippen LogP contribution is 2.27. The standard InChI is InChI=1S/C15H14ClFO2/c1-10(18)13-8-12(17)6-7-15(13)19-9-11-4-2-3-5-14(11)16/h2-8,10,18H,9H2,1H3/t10-/m1/s1. The van der Waals surface area contributed by atoms with Gasteiger partial charge in [-0.15, -0.1) is 0 Å². The molecule has 0 radical (unpaired) electrons.